The number of nitrogens with one attached hydrogen (secondary N) is 1. The van der Waals surface area contributed by atoms with Crippen molar-refractivity contribution in [1.29, 1.82) is 0 Å². The first-order chi connectivity index (χ1) is 12.2. The Morgan fingerprint density at radius 2 is 2.16 bits per heavy atom. The van der Waals surface area contributed by atoms with Gasteiger partial charge in [-0.2, -0.15) is 0 Å². The van der Waals surface area contributed by atoms with Crippen LogP contribution in [0.4, 0.5) is 0 Å². The van der Waals surface area contributed by atoms with Crippen molar-refractivity contribution in [2.24, 2.45) is 0 Å². The Hall–Kier alpha value is -2.67. The van der Waals surface area contributed by atoms with Crippen molar-refractivity contribution in [2.45, 2.75) is 19.4 Å². The molecule has 0 aliphatic heterocycles. The number of thiazole rings is 1. The summed E-state index contributed by atoms with van der Waals surface area (Å²) in [6.45, 7) is 1.45. The minimum absolute atomic E-state index is 0.122. The van der Waals surface area contributed by atoms with Crippen LogP contribution in [0, 0.1) is 0 Å². The molecule has 0 spiro atoms. The predicted molar refractivity (Wildman–Crippen MR) is 97.1 cm³/mol. The molecular weight excluding hydrogens is 336 g/mol. The summed E-state index contributed by atoms with van der Waals surface area (Å²) in [4.78, 5) is 20.6. The second-order valence-electron chi connectivity index (χ2n) is 5.56. The average Bonchev–Trinajstić information content (AvgIpc) is 3.31. The van der Waals surface area contributed by atoms with Gasteiger partial charge in [-0.05, 0) is 24.1 Å². The third-order valence-corrected chi connectivity index (χ3v) is 4.59. The lowest BCUT2D eigenvalue weighted by Gasteiger charge is -2.04. The topological polar surface area (TPSA) is 69.0 Å². The Bertz CT molecular complexity index is 797. The summed E-state index contributed by atoms with van der Waals surface area (Å²) in [6.07, 6.45) is 6.99. The molecule has 1 amide bonds. The highest BCUT2D eigenvalue weighted by molar-refractivity contribution is 7.09. The van der Waals surface area contributed by atoms with Crippen LogP contribution >= 0.6 is 11.3 Å². The molecule has 0 saturated heterocycles. The van der Waals surface area contributed by atoms with E-state index in [2.05, 4.69) is 15.3 Å². The zero-order chi connectivity index (χ0) is 17.5. The molecule has 0 saturated carbocycles. The van der Waals surface area contributed by atoms with Crippen molar-refractivity contribution in [1.82, 2.24) is 19.9 Å². The highest BCUT2D eigenvalue weighted by Gasteiger charge is 2.10. The summed E-state index contributed by atoms with van der Waals surface area (Å²) >= 11 is 1.50. The highest BCUT2D eigenvalue weighted by atomic mass is 32.1. The number of aryl methyl sites for hydroxylation is 1. The van der Waals surface area contributed by atoms with Gasteiger partial charge in [0, 0.05) is 37.3 Å². The van der Waals surface area contributed by atoms with Crippen molar-refractivity contribution in [3.8, 4) is 5.75 Å². The predicted octanol–water partition coefficient (Wildman–Crippen LogP) is 2.76. The summed E-state index contributed by atoms with van der Waals surface area (Å²) in [5.41, 5.74) is 1.62. The third-order valence-electron chi connectivity index (χ3n) is 3.74. The molecule has 130 valence electrons. The lowest BCUT2D eigenvalue weighted by molar-refractivity contribution is 0.0948. The third kappa shape index (κ3) is 4.90. The van der Waals surface area contributed by atoms with E-state index in [0.717, 1.165) is 29.3 Å². The molecule has 0 radical (unpaired) electrons. The first-order valence-electron chi connectivity index (χ1n) is 8.06. The molecule has 6 nitrogen and oxygen atoms in total. The Morgan fingerprint density at radius 3 is 2.88 bits per heavy atom. The highest BCUT2D eigenvalue weighted by Crippen LogP contribution is 2.17. The number of methoxy groups -OCH3 is 1. The molecule has 3 aromatic rings. The summed E-state index contributed by atoms with van der Waals surface area (Å²) in [5.74, 6) is 0.710. The Balaban J connectivity index is 1.47. The van der Waals surface area contributed by atoms with Gasteiger partial charge in [0.05, 0.1) is 18.4 Å². The minimum atomic E-state index is -0.122. The summed E-state index contributed by atoms with van der Waals surface area (Å²) < 4.78 is 7.14. The lowest BCUT2D eigenvalue weighted by Crippen LogP contribution is -2.25. The normalized spacial score (nSPS) is 10.6. The van der Waals surface area contributed by atoms with E-state index in [0.29, 0.717) is 18.7 Å². The van der Waals surface area contributed by atoms with Crippen molar-refractivity contribution < 1.29 is 9.53 Å². The number of carbonyl (C=O) groups is 1. The molecule has 0 fully saturated rings. The van der Waals surface area contributed by atoms with Gasteiger partial charge in [-0.1, -0.05) is 12.1 Å². The van der Waals surface area contributed by atoms with Crippen LogP contribution in [0.3, 0.4) is 0 Å². The number of benzene rings is 1. The number of ether oxygens (including phenoxy) is 1. The van der Waals surface area contributed by atoms with E-state index < -0.39 is 0 Å². The van der Waals surface area contributed by atoms with Gasteiger partial charge in [-0.15, -0.1) is 11.3 Å². The van der Waals surface area contributed by atoms with E-state index in [1.807, 2.05) is 40.4 Å². The minimum Gasteiger partial charge on any atom is -0.497 e. The standard InChI is InChI=1S/C18H20N4O2S/c1-24-15-5-3-14(4-6-15)11-17-21-16(12-25-17)18(23)20-7-2-9-22-10-8-19-13-22/h3-6,8,10,12-13H,2,7,9,11H2,1H3,(H,20,23). The van der Waals surface area contributed by atoms with E-state index in [9.17, 15) is 4.79 Å². The fourth-order valence-corrected chi connectivity index (χ4v) is 3.20. The van der Waals surface area contributed by atoms with Gasteiger partial charge in [0.15, 0.2) is 0 Å². The SMILES string of the molecule is COc1ccc(Cc2nc(C(=O)NCCCn3ccnc3)cs2)cc1. The maximum Gasteiger partial charge on any atom is 0.270 e. The van der Waals surface area contributed by atoms with Crippen LogP contribution < -0.4 is 10.1 Å². The van der Waals surface area contributed by atoms with Gasteiger partial charge in [-0.3, -0.25) is 4.79 Å². The summed E-state index contributed by atoms with van der Waals surface area (Å²) in [7, 11) is 1.65. The second-order valence-corrected chi connectivity index (χ2v) is 6.50. The van der Waals surface area contributed by atoms with E-state index in [1.165, 1.54) is 11.3 Å². The van der Waals surface area contributed by atoms with E-state index in [4.69, 9.17) is 4.74 Å². The number of aromatic nitrogens is 3. The molecular formula is C18H20N4O2S. The fraction of sp³-hybridized carbons (Fsp3) is 0.278. The number of hydrogen-bond acceptors (Lipinski definition) is 5. The molecule has 2 heterocycles. The van der Waals surface area contributed by atoms with E-state index >= 15 is 0 Å². The lowest BCUT2D eigenvalue weighted by atomic mass is 10.1. The van der Waals surface area contributed by atoms with Crippen LogP contribution in [0.15, 0.2) is 48.4 Å². The van der Waals surface area contributed by atoms with Crippen LogP contribution in [-0.4, -0.2) is 34.1 Å². The van der Waals surface area contributed by atoms with Gasteiger partial charge in [-0.25, -0.2) is 9.97 Å². The number of nitrogens with zero attached hydrogens (tertiary/aromatic N) is 3. The Kier molecular flexibility index (Phi) is 5.79. The average molecular weight is 356 g/mol. The smallest absolute Gasteiger partial charge is 0.270 e. The van der Waals surface area contributed by atoms with Crippen LogP contribution in [0.1, 0.15) is 27.5 Å². The van der Waals surface area contributed by atoms with Crippen LogP contribution in [0.5, 0.6) is 5.75 Å². The largest absolute Gasteiger partial charge is 0.497 e. The molecule has 0 atom stereocenters. The molecule has 1 N–H and O–H groups in total. The second kappa shape index (κ2) is 8.43. The first kappa shape index (κ1) is 17.2. The molecule has 0 aliphatic carbocycles. The molecule has 7 heteroatoms. The van der Waals surface area contributed by atoms with Gasteiger partial charge >= 0.3 is 0 Å². The molecule has 3 rings (SSSR count). The molecule has 2 aromatic heterocycles. The van der Waals surface area contributed by atoms with Crippen LogP contribution in [0.25, 0.3) is 0 Å². The van der Waals surface area contributed by atoms with Crippen LogP contribution in [-0.2, 0) is 13.0 Å². The summed E-state index contributed by atoms with van der Waals surface area (Å²) in [5, 5.41) is 5.64. The van der Waals surface area contributed by atoms with Gasteiger partial charge < -0.3 is 14.6 Å². The zero-order valence-corrected chi connectivity index (χ0v) is 14.8. The van der Waals surface area contributed by atoms with Crippen molar-refractivity contribution >= 4 is 17.2 Å². The van der Waals surface area contributed by atoms with Crippen LogP contribution in [0.2, 0.25) is 0 Å². The van der Waals surface area contributed by atoms with Crippen molar-refractivity contribution in [3.05, 3.63) is 64.6 Å². The molecule has 25 heavy (non-hydrogen) atoms. The number of carbonyl (C=O) groups excluding carboxylic acids is 1. The quantitative estimate of drug-likeness (QED) is 0.630. The molecule has 1 aromatic carbocycles. The van der Waals surface area contributed by atoms with Crippen molar-refractivity contribution in [2.75, 3.05) is 13.7 Å². The van der Waals surface area contributed by atoms with Crippen molar-refractivity contribution in [3.63, 3.8) is 0 Å². The van der Waals surface area contributed by atoms with Gasteiger partial charge in [0.25, 0.3) is 5.91 Å². The number of rotatable bonds is 8. The molecule has 0 bridgehead atoms. The van der Waals surface area contributed by atoms with Gasteiger partial charge in [0.2, 0.25) is 0 Å². The zero-order valence-electron chi connectivity index (χ0n) is 14.0. The Morgan fingerprint density at radius 1 is 1.32 bits per heavy atom. The Labute approximate surface area is 150 Å². The maximum absolute atomic E-state index is 12.2. The summed E-state index contributed by atoms with van der Waals surface area (Å²) in [6, 6.07) is 7.87. The van der Waals surface area contributed by atoms with E-state index in [-0.39, 0.29) is 5.91 Å². The van der Waals surface area contributed by atoms with E-state index in [1.54, 1.807) is 19.6 Å². The monoisotopic (exact) mass is 356 g/mol. The number of hydrogen-bond donors (Lipinski definition) is 1. The number of imidazole rings is 1. The first-order valence-corrected chi connectivity index (χ1v) is 8.94. The molecule has 0 aliphatic rings. The maximum atomic E-state index is 12.2. The number of amides is 1. The molecule has 0 unspecified atom stereocenters. The fourth-order valence-electron chi connectivity index (χ4n) is 2.39. The van der Waals surface area contributed by atoms with Gasteiger partial charge in [0.1, 0.15) is 11.4 Å².